The molecule has 1 aromatic carbocycles. The summed E-state index contributed by atoms with van der Waals surface area (Å²) in [5.41, 5.74) is 1.15. The van der Waals surface area contributed by atoms with E-state index in [-0.39, 0.29) is 30.1 Å². The number of benzene rings is 1. The normalized spacial score (nSPS) is 28.3. The Kier molecular flexibility index (Phi) is 4.31. The third kappa shape index (κ3) is 3.06. The molecule has 1 aromatic rings. The van der Waals surface area contributed by atoms with Crippen LogP contribution in [0.1, 0.15) is 43.5 Å². The summed E-state index contributed by atoms with van der Waals surface area (Å²) < 4.78 is 0. The lowest BCUT2D eigenvalue weighted by Crippen LogP contribution is -3.17. The number of imide groups is 1. The molecule has 0 saturated carbocycles. The number of carbonyl (C=O) groups excluding carboxylic acids is 3. The molecule has 0 unspecified atom stereocenters. The fourth-order valence-corrected chi connectivity index (χ4v) is 3.55. The van der Waals surface area contributed by atoms with Crippen LogP contribution in [0.4, 0.5) is 5.69 Å². The minimum absolute atomic E-state index is 0.0274. The second kappa shape index (κ2) is 6.24. The quantitative estimate of drug-likeness (QED) is 0.664. The fraction of sp³-hybridized carbons (Fsp3) is 0.500. The smallest absolute Gasteiger partial charge is 0.292 e. The van der Waals surface area contributed by atoms with Crippen molar-refractivity contribution in [2.45, 2.75) is 39.2 Å². The average Bonchev–Trinajstić information content (AvgIpc) is 2.83. The molecule has 1 N–H and O–H groups in total. The van der Waals surface area contributed by atoms with Gasteiger partial charge >= 0.3 is 0 Å². The van der Waals surface area contributed by atoms with Crippen LogP contribution in [0.15, 0.2) is 24.3 Å². The van der Waals surface area contributed by atoms with Crippen molar-refractivity contribution in [1.29, 1.82) is 0 Å². The standard InChI is InChI=1S/C18H22N2O3/c1-12-7-9-19(10-8-12)16-11-17(22)20(18(16)23)15-5-3-14(4-6-15)13(2)21/h3-6,12,16H,7-11H2,1-2H3/p+1/t16-/m1/s1. The Morgan fingerprint density at radius 1 is 1.13 bits per heavy atom. The lowest BCUT2D eigenvalue weighted by atomic mass is 9.97. The number of likely N-dealkylation sites (tertiary alicyclic amines) is 1. The summed E-state index contributed by atoms with van der Waals surface area (Å²) in [6.45, 7) is 5.66. The summed E-state index contributed by atoms with van der Waals surface area (Å²) in [7, 11) is 0. The Morgan fingerprint density at radius 2 is 1.74 bits per heavy atom. The molecular formula is C18H23N2O3+. The molecule has 5 nitrogen and oxygen atoms in total. The van der Waals surface area contributed by atoms with Crippen LogP contribution in [0.25, 0.3) is 0 Å². The van der Waals surface area contributed by atoms with E-state index in [4.69, 9.17) is 0 Å². The SMILES string of the molecule is CC(=O)c1ccc(N2C(=O)C[C@@H]([NH+]3CCC(C)CC3)C2=O)cc1. The van der Waals surface area contributed by atoms with E-state index >= 15 is 0 Å². The van der Waals surface area contributed by atoms with Gasteiger partial charge in [-0.2, -0.15) is 0 Å². The molecule has 23 heavy (non-hydrogen) atoms. The molecule has 0 aliphatic carbocycles. The molecule has 2 saturated heterocycles. The number of amides is 2. The van der Waals surface area contributed by atoms with E-state index in [1.54, 1.807) is 24.3 Å². The minimum Gasteiger partial charge on any atom is -0.324 e. The van der Waals surface area contributed by atoms with Gasteiger partial charge in [-0.1, -0.05) is 6.92 Å². The van der Waals surface area contributed by atoms with Crippen LogP contribution in [0.3, 0.4) is 0 Å². The van der Waals surface area contributed by atoms with Crippen LogP contribution in [0.2, 0.25) is 0 Å². The molecule has 1 atom stereocenters. The number of nitrogens with zero attached hydrogens (tertiary/aromatic N) is 1. The third-order valence-electron chi connectivity index (χ3n) is 5.09. The first-order valence-electron chi connectivity index (χ1n) is 8.29. The average molecular weight is 315 g/mol. The maximum atomic E-state index is 12.7. The molecule has 2 heterocycles. The number of rotatable bonds is 3. The fourth-order valence-electron chi connectivity index (χ4n) is 3.55. The summed E-state index contributed by atoms with van der Waals surface area (Å²) >= 11 is 0. The first-order valence-corrected chi connectivity index (χ1v) is 8.29. The van der Waals surface area contributed by atoms with Crippen molar-refractivity contribution < 1.29 is 19.3 Å². The van der Waals surface area contributed by atoms with Crippen molar-refractivity contribution in [3.05, 3.63) is 29.8 Å². The highest BCUT2D eigenvalue weighted by Gasteiger charge is 2.46. The van der Waals surface area contributed by atoms with E-state index in [2.05, 4.69) is 6.92 Å². The van der Waals surface area contributed by atoms with Crippen LogP contribution < -0.4 is 9.80 Å². The summed E-state index contributed by atoms with van der Waals surface area (Å²) in [6.07, 6.45) is 2.51. The van der Waals surface area contributed by atoms with Crippen LogP contribution in [-0.2, 0) is 9.59 Å². The highest BCUT2D eigenvalue weighted by Crippen LogP contribution is 2.23. The minimum atomic E-state index is -0.248. The molecule has 3 rings (SSSR count). The van der Waals surface area contributed by atoms with Gasteiger partial charge < -0.3 is 4.90 Å². The number of carbonyl (C=O) groups is 3. The summed E-state index contributed by atoms with van der Waals surface area (Å²) in [5, 5.41) is 0. The number of hydrogen-bond acceptors (Lipinski definition) is 3. The Bertz CT molecular complexity index is 630. The van der Waals surface area contributed by atoms with Gasteiger partial charge in [0, 0.05) is 5.56 Å². The Labute approximate surface area is 136 Å². The van der Waals surface area contributed by atoms with Gasteiger partial charge in [-0.15, -0.1) is 0 Å². The van der Waals surface area contributed by atoms with Crippen molar-refractivity contribution in [2.24, 2.45) is 5.92 Å². The van der Waals surface area contributed by atoms with Gasteiger partial charge in [0.1, 0.15) is 0 Å². The summed E-state index contributed by atoms with van der Waals surface area (Å²) in [5.74, 6) is 0.443. The van der Waals surface area contributed by atoms with Crippen LogP contribution in [0.5, 0.6) is 0 Å². The Morgan fingerprint density at radius 3 is 2.30 bits per heavy atom. The maximum Gasteiger partial charge on any atom is 0.292 e. The van der Waals surface area contributed by atoms with Crippen molar-refractivity contribution in [1.82, 2.24) is 0 Å². The molecule has 0 aromatic heterocycles. The number of ketones is 1. The van der Waals surface area contributed by atoms with Crippen molar-refractivity contribution in [3.63, 3.8) is 0 Å². The molecule has 2 fully saturated rings. The van der Waals surface area contributed by atoms with E-state index in [9.17, 15) is 14.4 Å². The third-order valence-corrected chi connectivity index (χ3v) is 5.09. The second-order valence-electron chi connectivity index (χ2n) is 6.77. The Balaban J connectivity index is 1.77. The molecule has 0 radical (unpaired) electrons. The van der Waals surface area contributed by atoms with Crippen molar-refractivity contribution in [2.75, 3.05) is 18.0 Å². The predicted octanol–water partition coefficient (Wildman–Crippen LogP) is 0.836. The molecule has 2 aliphatic rings. The number of hydrogen-bond donors (Lipinski definition) is 1. The lowest BCUT2D eigenvalue weighted by Gasteiger charge is -2.30. The first-order chi connectivity index (χ1) is 11.0. The molecule has 5 heteroatoms. The largest absolute Gasteiger partial charge is 0.324 e. The molecule has 2 aliphatic heterocycles. The monoisotopic (exact) mass is 315 g/mol. The number of piperidine rings is 1. The van der Waals surface area contributed by atoms with Gasteiger partial charge in [0.15, 0.2) is 11.8 Å². The topological polar surface area (TPSA) is 58.9 Å². The Hall–Kier alpha value is -2.01. The number of Topliss-reactive ketones (excluding diaryl/α,β-unsaturated/α-hetero) is 1. The van der Waals surface area contributed by atoms with Gasteiger partial charge in [0.2, 0.25) is 5.91 Å². The lowest BCUT2D eigenvalue weighted by molar-refractivity contribution is -0.920. The van der Waals surface area contributed by atoms with Gasteiger partial charge in [-0.05, 0) is 49.9 Å². The maximum absolute atomic E-state index is 12.7. The molecule has 2 amide bonds. The van der Waals surface area contributed by atoms with Crippen molar-refractivity contribution in [3.8, 4) is 0 Å². The van der Waals surface area contributed by atoms with E-state index in [1.165, 1.54) is 16.7 Å². The van der Waals surface area contributed by atoms with Gasteiger partial charge in [-0.3, -0.25) is 14.4 Å². The summed E-state index contributed by atoms with van der Waals surface area (Å²) in [4.78, 5) is 39.0. The van der Waals surface area contributed by atoms with E-state index in [0.717, 1.165) is 25.9 Å². The van der Waals surface area contributed by atoms with Gasteiger partial charge in [0.05, 0.1) is 25.2 Å². The molecule has 0 spiro atoms. The van der Waals surface area contributed by atoms with Crippen LogP contribution >= 0.6 is 0 Å². The zero-order chi connectivity index (χ0) is 16.6. The number of quaternary nitrogens is 1. The molecule has 0 bridgehead atoms. The zero-order valence-corrected chi connectivity index (χ0v) is 13.7. The van der Waals surface area contributed by atoms with Gasteiger partial charge in [0.25, 0.3) is 5.91 Å². The van der Waals surface area contributed by atoms with E-state index in [0.29, 0.717) is 17.2 Å². The first kappa shape index (κ1) is 15.9. The number of anilines is 1. The predicted molar refractivity (Wildman–Crippen MR) is 86.4 cm³/mol. The highest BCUT2D eigenvalue weighted by atomic mass is 16.2. The number of nitrogens with one attached hydrogen (secondary N) is 1. The summed E-state index contributed by atoms with van der Waals surface area (Å²) in [6, 6.07) is 6.45. The van der Waals surface area contributed by atoms with Crippen molar-refractivity contribution >= 4 is 23.3 Å². The van der Waals surface area contributed by atoms with E-state index in [1.807, 2.05) is 0 Å². The van der Waals surface area contributed by atoms with Crippen LogP contribution in [-0.4, -0.2) is 36.7 Å². The van der Waals surface area contributed by atoms with Crippen LogP contribution in [0, 0.1) is 5.92 Å². The van der Waals surface area contributed by atoms with Gasteiger partial charge in [-0.25, -0.2) is 4.90 Å². The molecule has 122 valence electrons. The molecular weight excluding hydrogens is 292 g/mol. The second-order valence-corrected chi connectivity index (χ2v) is 6.77. The highest BCUT2D eigenvalue weighted by molar-refractivity contribution is 6.22. The zero-order valence-electron chi connectivity index (χ0n) is 13.7. The van der Waals surface area contributed by atoms with E-state index < -0.39 is 0 Å².